The summed E-state index contributed by atoms with van der Waals surface area (Å²) < 4.78 is 5.50. The van der Waals surface area contributed by atoms with E-state index in [1.807, 2.05) is 47.4 Å². The molecule has 6 rings (SSSR count). The normalized spacial score (nSPS) is 15.5. The topological polar surface area (TPSA) is 102 Å². The van der Waals surface area contributed by atoms with Gasteiger partial charge >= 0.3 is 0 Å². The van der Waals surface area contributed by atoms with Gasteiger partial charge in [0.05, 0.1) is 16.2 Å². The van der Waals surface area contributed by atoms with Crippen LogP contribution in [0.3, 0.4) is 0 Å². The summed E-state index contributed by atoms with van der Waals surface area (Å²) in [4.78, 5) is 32.8. The number of hydrogen-bond acceptors (Lipinski definition) is 7. The third-order valence-electron chi connectivity index (χ3n) is 6.79. The maximum atomic E-state index is 13.6. The Morgan fingerprint density at radius 1 is 1.03 bits per heavy atom. The standard InChI is InChI=1S/C27H22N4O4S/c1-16-14-18(11-12-21(16)31(33)34)26-28-25(29-35-26)17-10-13-22-24(15-17)36-23-9-5-4-8-20(23)27(32)30(22)19-6-2-3-7-19/h4-5,8-15,19H,2-3,6-7H2,1H3. The largest absolute Gasteiger partial charge is 0.334 e. The third-order valence-corrected chi connectivity index (χ3v) is 7.91. The zero-order chi connectivity index (χ0) is 24.8. The van der Waals surface area contributed by atoms with Crippen molar-refractivity contribution in [2.45, 2.75) is 48.4 Å². The van der Waals surface area contributed by atoms with Crippen LogP contribution in [0.5, 0.6) is 0 Å². The smallest absolute Gasteiger partial charge is 0.272 e. The Morgan fingerprint density at radius 3 is 2.58 bits per heavy atom. The van der Waals surface area contributed by atoms with Crippen molar-refractivity contribution in [2.75, 3.05) is 4.90 Å². The Balaban J connectivity index is 1.39. The minimum atomic E-state index is -0.413. The molecule has 0 saturated heterocycles. The van der Waals surface area contributed by atoms with Gasteiger partial charge in [0.2, 0.25) is 5.82 Å². The van der Waals surface area contributed by atoms with E-state index >= 15 is 0 Å². The van der Waals surface area contributed by atoms with Gasteiger partial charge in [0.1, 0.15) is 0 Å². The van der Waals surface area contributed by atoms with E-state index < -0.39 is 4.92 Å². The number of amides is 1. The van der Waals surface area contributed by atoms with Gasteiger partial charge in [-0.3, -0.25) is 14.9 Å². The average Bonchev–Trinajstić information content (AvgIpc) is 3.56. The summed E-state index contributed by atoms with van der Waals surface area (Å²) in [5.41, 5.74) is 3.59. The lowest BCUT2D eigenvalue weighted by atomic mass is 10.1. The summed E-state index contributed by atoms with van der Waals surface area (Å²) in [5, 5.41) is 15.3. The molecular formula is C27H22N4O4S. The zero-order valence-corrected chi connectivity index (χ0v) is 20.3. The highest BCUT2D eigenvalue weighted by Gasteiger charge is 2.34. The van der Waals surface area contributed by atoms with Crippen molar-refractivity contribution in [1.82, 2.24) is 10.1 Å². The van der Waals surface area contributed by atoms with Crippen LogP contribution in [0.1, 0.15) is 41.6 Å². The summed E-state index contributed by atoms with van der Waals surface area (Å²) in [6.07, 6.45) is 4.26. The first-order valence-electron chi connectivity index (χ1n) is 11.8. The lowest BCUT2D eigenvalue weighted by Gasteiger charge is -2.29. The Bertz CT molecular complexity index is 1510. The van der Waals surface area contributed by atoms with E-state index in [-0.39, 0.29) is 17.6 Å². The number of benzene rings is 3. The zero-order valence-electron chi connectivity index (χ0n) is 19.5. The van der Waals surface area contributed by atoms with E-state index in [0.717, 1.165) is 52.3 Å². The van der Waals surface area contributed by atoms with Gasteiger partial charge in [-0.1, -0.05) is 41.9 Å². The number of anilines is 1. The highest BCUT2D eigenvalue weighted by Crippen LogP contribution is 2.45. The Kier molecular flexibility index (Phi) is 5.56. The van der Waals surface area contributed by atoms with E-state index in [1.54, 1.807) is 30.8 Å². The SMILES string of the molecule is Cc1cc(-c2nc(-c3ccc4c(c3)Sc3ccccc3C(=O)N4C3CCCC3)no2)ccc1[N+](=O)[O-]. The van der Waals surface area contributed by atoms with E-state index in [9.17, 15) is 14.9 Å². The van der Waals surface area contributed by atoms with Gasteiger partial charge in [0, 0.05) is 38.6 Å². The molecule has 9 heteroatoms. The van der Waals surface area contributed by atoms with Crippen molar-refractivity contribution in [2.24, 2.45) is 0 Å². The lowest BCUT2D eigenvalue weighted by Crippen LogP contribution is -2.39. The molecule has 1 amide bonds. The second kappa shape index (κ2) is 8.91. The number of hydrogen-bond donors (Lipinski definition) is 0. The maximum Gasteiger partial charge on any atom is 0.272 e. The van der Waals surface area contributed by atoms with E-state index in [1.165, 1.54) is 6.07 Å². The number of aromatic nitrogens is 2. The van der Waals surface area contributed by atoms with Crippen molar-refractivity contribution < 1.29 is 14.2 Å². The van der Waals surface area contributed by atoms with Crippen LogP contribution in [0.25, 0.3) is 22.8 Å². The number of aryl methyl sites for hydroxylation is 1. The number of carbonyl (C=O) groups is 1. The first kappa shape index (κ1) is 22.5. The van der Waals surface area contributed by atoms with Crippen LogP contribution >= 0.6 is 11.8 Å². The number of nitrogens with zero attached hydrogens (tertiary/aromatic N) is 4. The monoisotopic (exact) mass is 498 g/mol. The number of nitro benzene ring substituents is 1. The van der Waals surface area contributed by atoms with Gasteiger partial charge in [0.15, 0.2) is 0 Å². The number of fused-ring (bicyclic) bond motifs is 2. The maximum absolute atomic E-state index is 13.6. The van der Waals surface area contributed by atoms with E-state index in [2.05, 4.69) is 10.1 Å². The average molecular weight is 499 g/mol. The third kappa shape index (κ3) is 3.85. The molecule has 3 aromatic carbocycles. The van der Waals surface area contributed by atoms with Gasteiger partial charge in [-0.2, -0.15) is 4.98 Å². The number of carbonyl (C=O) groups excluding carboxylic acids is 1. The molecule has 8 nitrogen and oxygen atoms in total. The molecule has 0 N–H and O–H groups in total. The molecule has 180 valence electrons. The summed E-state index contributed by atoms with van der Waals surface area (Å²) in [5.74, 6) is 0.756. The summed E-state index contributed by atoms with van der Waals surface area (Å²) in [6, 6.07) is 18.6. The molecule has 4 aromatic rings. The van der Waals surface area contributed by atoms with E-state index in [4.69, 9.17) is 4.52 Å². The number of nitro groups is 1. The minimum Gasteiger partial charge on any atom is -0.334 e. The van der Waals surface area contributed by atoms with Crippen LogP contribution < -0.4 is 4.90 Å². The quantitative estimate of drug-likeness (QED) is 0.228. The van der Waals surface area contributed by atoms with Gasteiger partial charge < -0.3 is 9.42 Å². The fraction of sp³-hybridized carbons (Fsp3) is 0.222. The minimum absolute atomic E-state index is 0.0444. The molecular weight excluding hydrogens is 476 g/mol. The first-order chi connectivity index (χ1) is 17.5. The highest BCUT2D eigenvalue weighted by atomic mass is 32.2. The predicted octanol–water partition coefficient (Wildman–Crippen LogP) is 6.67. The number of rotatable bonds is 4. The molecule has 2 aliphatic rings. The van der Waals surface area contributed by atoms with Crippen molar-refractivity contribution in [1.29, 1.82) is 0 Å². The van der Waals surface area contributed by atoms with Crippen molar-refractivity contribution in [3.8, 4) is 22.8 Å². The molecule has 1 saturated carbocycles. The summed E-state index contributed by atoms with van der Waals surface area (Å²) in [6.45, 7) is 1.68. The second-order valence-corrected chi connectivity index (χ2v) is 10.2. The molecule has 2 heterocycles. The van der Waals surface area contributed by atoms with Crippen LogP contribution in [0.15, 0.2) is 75.0 Å². The Hall–Kier alpha value is -3.98. The van der Waals surface area contributed by atoms with Gasteiger partial charge in [-0.15, -0.1) is 0 Å². The van der Waals surface area contributed by atoms with Crippen LogP contribution in [-0.4, -0.2) is 27.0 Å². The van der Waals surface area contributed by atoms with Crippen LogP contribution in [0.4, 0.5) is 11.4 Å². The van der Waals surface area contributed by atoms with Crippen molar-refractivity contribution >= 4 is 29.0 Å². The van der Waals surface area contributed by atoms with E-state index in [0.29, 0.717) is 22.8 Å². The fourth-order valence-corrected chi connectivity index (χ4v) is 6.11. The molecule has 1 aliphatic carbocycles. The van der Waals surface area contributed by atoms with Crippen molar-refractivity contribution in [3.05, 3.63) is 81.9 Å². The molecule has 1 aliphatic heterocycles. The van der Waals surface area contributed by atoms with Gasteiger partial charge in [0.25, 0.3) is 17.5 Å². The highest BCUT2D eigenvalue weighted by molar-refractivity contribution is 7.99. The molecule has 0 unspecified atom stereocenters. The summed E-state index contributed by atoms with van der Waals surface area (Å²) in [7, 11) is 0. The van der Waals surface area contributed by atoms with Gasteiger partial charge in [-0.25, -0.2) is 0 Å². The molecule has 0 atom stereocenters. The Labute approximate surface area is 211 Å². The van der Waals surface area contributed by atoms with Crippen LogP contribution in [-0.2, 0) is 0 Å². The lowest BCUT2D eigenvalue weighted by molar-refractivity contribution is -0.385. The van der Waals surface area contributed by atoms with Gasteiger partial charge in [-0.05, 0) is 62.2 Å². The predicted molar refractivity (Wildman–Crippen MR) is 136 cm³/mol. The Morgan fingerprint density at radius 2 is 1.81 bits per heavy atom. The second-order valence-electron chi connectivity index (χ2n) is 9.08. The molecule has 0 bridgehead atoms. The molecule has 0 spiro atoms. The molecule has 1 aromatic heterocycles. The summed E-state index contributed by atoms with van der Waals surface area (Å²) >= 11 is 1.58. The van der Waals surface area contributed by atoms with Crippen LogP contribution in [0, 0.1) is 17.0 Å². The van der Waals surface area contributed by atoms with Crippen molar-refractivity contribution in [3.63, 3.8) is 0 Å². The first-order valence-corrected chi connectivity index (χ1v) is 12.7. The molecule has 36 heavy (non-hydrogen) atoms. The molecule has 0 radical (unpaired) electrons. The fourth-order valence-electron chi connectivity index (χ4n) is 5.00. The molecule has 1 fully saturated rings. The van der Waals surface area contributed by atoms with Crippen LogP contribution in [0.2, 0.25) is 0 Å².